The Morgan fingerprint density at radius 2 is 1.60 bits per heavy atom. The van der Waals surface area contributed by atoms with Crippen molar-refractivity contribution in [3.63, 3.8) is 0 Å². The van der Waals surface area contributed by atoms with Crippen molar-refractivity contribution >= 4 is 15.9 Å². The van der Waals surface area contributed by atoms with Crippen LogP contribution in [0.1, 0.15) is 42.5 Å². The Morgan fingerprint density at radius 3 is 2.10 bits per heavy atom. The molecule has 0 saturated heterocycles. The summed E-state index contributed by atoms with van der Waals surface area (Å²) >= 11 is 3.44. The van der Waals surface area contributed by atoms with E-state index >= 15 is 0 Å². The lowest BCUT2D eigenvalue weighted by Crippen LogP contribution is -2.18. The van der Waals surface area contributed by atoms with Gasteiger partial charge in [-0.25, -0.2) is 4.39 Å². The molecule has 0 aliphatic heterocycles. The van der Waals surface area contributed by atoms with Gasteiger partial charge >= 0.3 is 0 Å². The number of benzene rings is 2. The van der Waals surface area contributed by atoms with Gasteiger partial charge in [0.05, 0.1) is 6.04 Å². The van der Waals surface area contributed by atoms with Crippen molar-refractivity contribution in [2.45, 2.75) is 25.8 Å². The maximum atomic E-state index is 13.2. The maximum absolute atomic E-state index is 13.2. The summed E-state index contributed by atoms with van der Waals surface area (Å²) in [6.07, 6.45) is 0. The molecule has 0 saturated carbocycles. The van der Waals surface area contributed by atoms with Crippen molar-refractivity contribution in [3.8, 4) is 0 Å². The lowest BCUT2D eigenvalue weighted by atomic mass is 9.95. The summed E-state index contributed by atoms with van der Waals surface area (Å²) in [4.78, 5) is 0. The third-order valence-corrected chi connectivity index (χ3v) is 4.19. The van der Waals surface area contributed by atoms with Gasteiger partial charge in [-0.1, -0.05) is 60.1 Å². The van der Waals surface area contributed by atoms with E-state index in [2.05, 4.69) is 59.4 Å². The Labute approximate surface area is 128 Å². The summed E-state index contributed by atoms with van der Waals surface area (Å²) in [5, 5.41) is 3.29. The van der Waals surface area contributed by atoms with Gasteiger partial charge in [-0.3, -0.25) is 0 Å². The van der Waals surface area contributed by atoms with E-state index in [-0.39, 0.29) is 11.9 Å². The third-order valence-electron chi connectivity index (χ3n) is 3.50. The van der Waals surface area contributed by atoms with E-state index in [0.717, 1.165) is 10.0 Å². The first kappa shape index (κ1) is 15.2. The first-order valence-electron chi connectivity index (χ1n) is 6.75. The smallest absolute Gasteiger partial charge is 0.124 e. The molecule has 0 heterocycles. The summed E-state index contributed by atoms with van der Waals surface area (Å²) in [6, 6.07) is 13.4. The van der Waals surface area contributed by atoms with Crippen LogP contribution in [0.4, 0.5) is 4.39 Å². The van der Waals surface area contributed by atoms with Gasteiger partial charge in [-0.15, -0.1) is 0 Å². The van der Waals surface area contributed by atoms with E-state index in [4.69, 9.17) is 0 Å². The van der Waals surface area contributed by atoms with Gasteiger partial charge in [0.25, 0.3) is 0 Å². The lowest BCUT2D eigenvalue weighted by Gasteiger charge is -2.19. The molecule has 0 radical (unpaired) electrons. The number of nitrogens with one attached hydrogen (secondary N) is 1. The Hall–Kier alpha value is -1.19. The van der Waals surface area contributed by atoms with E-state index in [9.17, 15) is 4.39 Å². The number of rotatable bonds is 4. The van der Waals surface area contributed by atoms with Crippen molar-refractivity contribution in [2.24, 2.45) is 0 Å². The average Bonchev–Trinajstić information content (AvgIpc) is 2.42. The van der Waals surface area contributed by atoms with Crippen molar-refractivity contribution in [3.05, 3.63) is 69.4 Å². The van der Waals surface area contributed by atoms with Crippen molar-refractivity contribution in [1.29, 1.82) is 0 Å². The molecule has 1 atom stereocenters. The Morgan fingerprint density at radius 1 is 1.00 bits per heavy atom. The van der Waals surface area contributed by atoms with E-state index in [1.54, 1.807) is 0 Å². The predicted octanol–water partition coefficient (Wildman–Crippen LogP) is 5.02. The zero-order valence-electron chi connectivity index (χ0n) is 12.0. The quantitative estimate of drug-likeness (QED) is 0.827. The molecule has 2 rings (SSSR count). The molecule has 0 aliphatic rings. The maximum Gasteiger partial charge on any atom is 0.124 e. The van der Waals surface area contributed by atoms with Gasteiger partial charge in [0, 0.05) is 4.47 Å². The molecule has 0 aromatic heterocycles. The normalized spacial score (nSPS) is 12.7. The molecule has 0 amide bonds. The first-order chi connectivity index (χ1) is 9.52. The second-order valence-electron chi connectivity index (χ2n) is 5.21. The highest BCUT2D eigenvalue weighted by molar-refractivity contribution is 9.10. The van der Waals surface area contributed by atoms with E-state index in [1.807, 2.05) is 13.1 Å². The van der Waals surface area contributed by atoms with Crippen molar-refractivity contribution in [2.75, 3.05) is 7.05 Å². The number of halogens is 2. The minimum Gasteiger partial charge on any atom is -0.309 e. The lowest BCUT2D eigenvalue weighted by molar-refractivity contribution is 0.621. The Kier molecular flexibility index (Phi) is 4.95. The van der Waals surface area contributed by atoms with Crippen LogP contribution in [-0.2, 0) is 0 Å². The van der Waals surface area contributed by atoms with E-state index < -0.39 is 0 Å². The van der Waals surface area contributed by atoms with Crippen LogP contribution in [0.5, 0.6) is 0 Å². The molecule has 0 spiro atoms. The fourth-order valence-corrected chi connectivity index (χ4v) is 2.89. The minimum absolute atomic E-state index is 0.0474. The van der Waals surface area contributed by atoms with Gasteiger partial charge in [0.15, 0.2) is 0 Å². The summed E-state index contributed by atoms with van der Waals surface area (Å²) in [6.45, 7) is 4.36. The first-order valence-corrected chi connectivity index (χ1v) is 7.54. The van der Waals surface area contributed by atoms with Gasteiger partial charge in [-0.2, -0.15) is 0 Å². The van der Waals surface area contributed by atoms with Crippen LogP contribution in [0.2, 0.25) is 0 Å². The molecule has 2 aromatic rings. The predicted molar refractivity (Wildman–Crippen MR) is 85.5 cm³/mol. The molecule has 1 unspecified atom stereocenters. The molecular formula is C17H19BrFN. The second kappa shape index (κ2) is 6.51. The third kappa shape index (κ3) is 3.28. The van der Waals surface area contributed by atoms with Crippen LogP contribution in [0.15, 0.2) is 46.9 Å². The minimum atomic E-state index is -0.231. The summed E-state index contributed by atoms with van der Waals surface area (Å²) < 4.78 is 14.0. The highest BCUT2D eigenvalue weighted by Gasteiger charge is 2.15. The van der Waals surface area contributed by atoms with Crippen LogP contribution in [-0.4, -0.2) is 7.05 Å². The largest absolute Gasteiger partial charge is 0.309 e. The molecular weight excluding hydrogens is 317 g/mol. The fourth-order valence-electron chi connectivity index (χ4n) is 2.31. The van der Waals surface area contributed by atoms with Crippen molar-refractivity contribution < 1.29 is 4.39 Å². The molecule has 106 valence electrons. The van der Waals surface area contributed by atoms with Crippen molar-refractivity contribution in [1.82, 2.24) is 5.32 Å². The average molecular weight is 336 g/mol. The van der Waals surface area contributed by atoms with E-state index in [1.165, 1.54) is 23.3 Å². The van der Waals surface area contributed by atoms with Crippen LogP contribution in [0.3, 0.4) is 0 Å². The topological polar surface area (TPSA) is 12.0 Å². The van der Waals surface area contributed by atoms with Crippen LogP contribution in [0.25, 0.3) is 0 Å². The zero-order valence-corrected chi connectivity index (χ0v) is 13.5. The molecule has 0 bridgehead atoms. The van der Waals surface area contributed by atoms with Crippen LogP contribution < -0.4 is 5.32 Å². The molecule has 20 heavy (non-hydrogen) atoms. The Balaban J connectivity index is 2.36. The standard InChI is InChI=1S/C17H19BrFN/c1-11(2)12-4-6-13(7-5-12)17(20-3)15-9-8-14(19)10-16(15)18/h4-11,17,20H,1-3H3. The monoisotopic (exact) mass is 335 g/mol. The highest BCUT2D eigenvalue weighted by atomic mass is 79.9. The van der Waals surface area contributed by atoms with E-state index in [0.29, 0.717) is 5.92 Å². The summed E-state index contributed by atoms with van der Waals surface area (Å²) in [7, 11) is 1.91. The molecule has 0 fully saturated rings. The summed E-state index contributed by atoms with van der Waals surface area (Å²) in [5.41, 5.74) is 3.53. The van der Waals surface area contributed by atoms with Crippen LogP contribution in [0, 0.1) is 5.82 Å². The molecule has 1 nitrogen and oxygen atoms in total. The SMILES string of the molecule is CNC(c1ccc(C(C)C)cc1)c1ccc(F)cc1Br. The van der Waals surface area contributed by atoms with Gasteiger partial charge in [0.2, 0.25) is 0 Å². The van der Waals surface area contributed by atoms with Crippen LogP contribution >= 0.6 is 15.9 Å². The second-order valence-corrected chi connectivity index (χ2v) is 6.06. The molecule has 2 aromatic carbocycles. The molecule has 0 aliphatic carbocycles. The molecule has 1 N–H and O–H groups in total. The summed E-state index contributed by atoms with van der Waals surface area (Å²) in [5.74, 6) is 0.292. The fraction of sp³-hybridized carbons (Fsp3) is 0.294. The van der Waals surface area contributed by atoms with Gasteiger partial charge in [0.1, 0.15) is 5.82 Å². The Bertz CT molecular complexity index is 578. The molecule has 3 heteroatoms. The number of hydrogen-bond acceptors (Lipinski definition) is 1. The van der Waals surface area contributed by atoms with Gasteiger partial charge < -0.3 is 5.32 Å². The number of hydrogen-bond donors (Lipinski definition) is 1. The highest BCUT2D eigenvalue weighted by Crippen LogP contribution is 2.29. The van der Waals surface area contributed by atoms with Gasteiger partial charge in [-0.05, 0) is 41.8 Å². The zero-order chi connectivity index (χ0) is 14.7.